The van der Waals surface area contributed by atoms with Crippen molar-refractivity contribution < 1.29 is 74.5 Å². The van der Waals surface area contributed by atoms with Gasteiger partial charge in [0, 0.05) is 15.1 Å². The second-order valence-electron chi connectivity index (χ2n) is 2.55. The number of hydrogen-bond donors (Lipinski definition) is 0. The Kier molecular flexibility index (Phi) is 9.72. The number of benzene rings is 1. The molecule has 1 N–H and O–H groups in total. The first kappa shape index (κ1) is 19.2. The molecule has 0 spiro atoms. The standard InChI is InChI=1S/C9H5ClO2S.2Na.H2O/c10-6-2-1-3-7-5(6)4-8(13-7)9(11)12;;;/h1-4H,(H,11,12);;;1H2/q;2*+1;/p-2. The number of halogens is 1. The number of thiophene rings is 1. The minimum Gasteiger partial charge on any atom is -0.870 e. The zero-order chi connectivity index (χ0) is 9.42. The van der Waals surface area contributed by atoms with Crippen LogP contribution in [0.25, 0.3) is 10.1 Å². The van der Waals surface area contributed by atoms with Gasteiger partial charge in [0.05, 0.1) is 10.8 Å². The molecule has 0 fully saturated rings. The number of fused-ring (bicyclic) bond motifs is 1. The van der Waals surface area contributed by atoms with Gasteiger partial charge in [-0.05, 0) is 18.2 Å². The molecule has 2 aromatic rings. The summed E-state index contributed by atoms with van der Waals surface area (Å²) in [6.07, 6.45) is 0. The van der Waals surface area contributed by atoms with Crippen molar-refractivity contribution in [3.8, 4) is 0 Å². The van der Waals surface area contributed by atoms with Crippen molar-refractivity contribution in [2.75, 3.05) is 0 Å². The number of rotatable bonds is 1. The molecule has 0 unspecified atom stereocenters. The molecular weight excluding hydrogens is 270 g/mol. The van der Waals surface area contributed by atoms with Crippen LogP contribution in [-0.4, -0.2) is 11.4 Å². The van der Waals surface area contributed by atoms with E-state index < -0.39 is 5.97 Å². The van der Waals surface area contributed by atoms with Gasteiger partial charge in [-0.2, -0.15) is 0 Å². The molecule has 1 heterocycles. The van der Waals surface area contributed by atoms with Crippen LogP contribution in [-0.2, 0) is 0 Å². The summed E-state index contributed by atoms with van der Waals surface area (Å²) in [7, 11) is 0. The fourth-order valence-corrected chi connectivity index (χ4v) is 2.33. The number of aromatic carboxylic acids is 1. The van der Waals surface area contributed by atoms with Crippen molar-refractivity contribution in [2.45, 2.75) is 0 Å². The van der Waals surface area contributed by atoms with Crippen molar-refractivity contribution in [1.82, 2.24) is 0 Å². The molecule has 74 valence electrons. The summed E-state index contributed by atoms with van der Waals surface area (Å²) >= 11 is 7.04. The maximum Gasteiger partial charge on any atom is 1.00 e. The predicted molar refractivity (Wildman–Crippen MR) is 53.1 cm³/mol. The van der Waals surface area contributed by atoms with Crippen LogP contribution >= 0.6 is 22.9 Å². The molecule has 3 nitrogen and oxygen atoms in total. The first-order valence-electron chi connectivity index (χ1n) is 3.58. The fraction of sp³-hybridized carbons (Fsp3) is 0. The van der Waals surface area contributed by atoms with E-state index in [0.29, 0.717) is 5.02 Å². The molecule has 0 saturated carbocycles. The zero-order valence-electron chi connectivity index (χ0n) is 8.86. The number of carbonyl (C=O) groups is 1. The normalized spacial score (nSPS) is 8.56. The number of carbonyl (C=O) groups excluding carboxylic acids is 1. The number of carboxylic acid groups (broad SMARTS) is 1. The monoisotopic (exact) mass is 274 g/mol. The molecule has 0 bridgehead atoms. The quantitative estimate of drug-likeness (QED) is 0.495. The second kappa shape index (κ2) is 8.08. The molecule has 0 aliphatic carbocycles. The van der Waals surface area contributed by atoms with Crippen molar-refractivity contribution in [1.29, 1.82) is 0 Å². The molecule has 2 rings (SSSR count). The van der Waals surface area contributed by atoms with Gasteiger partial charge in [0.2, 0.25) is 0 Å². The van der Waals surface area contributed by atoms with Gasteiger partial charge in [0.15, 0.2) is 0 Å². The average molecular weight is 275 g/mol. The van der Waals surface area contributed by atoms with E-state index >= 15 is 0 Å². The van der Waals surface area contributed by atoms with Crippen molar-refractivity contribution in [3.05, 3.63) is 34.2 Å². The van der Waals surface area contributed by atoms with E-state index in [1.54, 1.807) is 12.1 Å². The molecule has 0 amide bonds. The SMILES string of the molecule is O=C([O-])c1cc2c(Cl)cccc2s1.[Na+].[Na+].[OH-]. The molecule has 1 aromatic heterocycles. The van der Waals surface area contributed by atoms with Crippen LogP contribution in [0.3, 0.4) is 0 Å². The Morgan fingerprint density at radius 3 is 2.44 bits per heavy atom. The third-order valence-corrected chi connectivity index (χ3v) is 3.12. The van der Waals surface area contributed by atoms with E-state index in [-0.39, 0.29) is 69.5 Å². The van der Waals surface area contributed by atoms with Gasteiger partial charge in [-0.25, -0.2) is 0 Å². The van der Waals surface area contributed by atoms with Crippen LogP contribution in [0.5, 0.6) is 0 Å². The third kappa shape index (κ3) is 3.98. The summed E-state index contributed by atoms with van der Waals surface area (Å²) in [6, 6.07) is 6.89. The summed E-state index contributed by atoms with van der Waals surface area (Å²) in [6.45, 7) is 0. The third-order valence-electron chi connectivity index (χ3n) is 1.71. The molecule has 7 heteroatoms. The van der Waals surface area contributed by atoms with Crippen LogP contribution in [0.4, 0.5) is 0 Å². The Labute approximate surface area is 146 Å². The maximum absolute atomic E-state index is 10.5. The van der Waals surface area contributed by atoms with Crippen LogP contribution in [0.1, 0.15) is 9.67 Å². The fourth-order valence-electron chi connectivity index (χ4n) is 1.13. The minimum absolute atomic E-state index is 0. The Morgan fingerprint density at radius 2 is 1.94 bits per heavy atom. The van der Waals surface area contributed by atoms with Crippen molar-refractivity contribution in [2.24, 2.45) is 0 Å². The Morgan fingerprint density at radius 1 is 1.31 bits per heavy atom. The summed E-state index contributed by atoms with van der Waals surface area (Å²) in [5.41, 5.74) is 0. The average Bonchev–Trinajstić information content (AvgIpc) is 2.49. The number of hydrogen-bond acceptors (Lipinski definition) is 4. The largest absolute Gasteiger partial charge is 1.00 e. The Balaban J connectivity index is 0. The van der Waals surface area contributed by atoms with E-state index in [1.807, 2.05) is 6.07 Å². The van der Waals surface area contributed by atoms with Gasteiger partial charge in [-0.15, -0.1) is 11.3 Å². The van der Waals surface area contributed by atoms with Crippen molar-refractivity contribution >= 4 is 39.0 Å². The summed E-state index contributed by atoms with van der Waals surface area (Å²) in [5.74, 6) is -1.16. The predicted octanol–water partition coefficient (Wildman–Crippen LogP) is -4.25. The van der Waals surface area contributed by atoms with Gasteiger partial charge in [0.25, 0.3) is 0 Å². The Hall–Kier alpha value is 0.900. The van der Waals surface area contributed by atoms with Crippen LogP contribution < -0.4 is 64.2 Å². The zero-order valence-corrected chi connectivity index (χ0v) is 14.4. The number of carboxylic acids is 1. The maximum atomic E-state index is 10.5. The molecule has 1 aromatic carbocycles. The van der Waals surface area contributed by atoms with E-state index in [4.69, 9.17) is 11.6 Å². The van der Waals surface area contributed by atoms with Gasteiger partial charge in [0.1, 0.15) is 0 Å². The topological polar surface area (TPSA) is 70.1 Å². The van der Waals surface area contributed by atoms with E-state index in [0.717, 1.165) is 10.1 Å². The molecule has 0 atom stereocenters. The molecule has 0 radical (unpaired) electrons. The smallest absolute Gasteiger partial charge is 0.870 e. The molecule has 16 heavy (non-hydrogen) atoms. The summed E-state index contributed by atoms with van der Waals surface area (Å²) in [4.78, 5) is 10.7. The molecule has 0 aliphatic heterocycles. The van der Waals surface area contributed by atoms with E-state index in [9.17, 15) is 9.90 Å². The van der Waals surface area contributed by atoms with Gasteiger partial charge < -0.3 is 15.4 Å². The van der Waals surface area contributed by atoms with Crippen molar-refractivity contribution in [3.63, 3.8) is 0 Å². The second-order valence-corrected chi connectivity index (χ2v) is 4.04. The Bertz CT molecular complexity index is 487. The molecular formula is C9H5ClNa2O3S. The first-order valence-corrected chi connectivity index (χ1v) is 4.77. The first-order chi connectivity index (χ1) is 6.18. The minimum atomic E-state index is -1.16. The van der Waals surface area contributed by atoms with Gasteiger partial charge in [-0.1, -0.05) is 17.7 Å². The molecule has 0 saturated heterocycles. The van der Waals surface area contributed by atoms with E-state index in [2.05, 4.69) is 0 Å². The van der Waals surface area contributed by atoms with Gasteiger partial charge in [-0.3, -0.25) is 0 Å². The summed E-state index contributed by atoms with van der Waals surface area (Å²) < 4.78 is 0.867. The van der Waals surface area contributed by atoms with Crippen LogP contribution in [0, 0.1) is 0 Å². The van der Waals surface area contributed by atoms with E-state index in [1.165, 1.54) is 17.4 Å². The summed E-state index contributed by atoms with van der Waals surface area (Å²) in [5, 5.41) is 11.9. The van der Waals surface area contributed by atoms with Gasteiger partial charge >= 0.3 is 59.1 Å². The van der Waals surface area contributed by atoms with Crippen LogP contribution in [0.15, 0.2) is 24.3 Å². The van der Waals surface area contributed by atoms with Crippen LogP contribution in [0.2, 0.25) is 5.02 Å². The molecule has 0 aliphatic rings.